The van der Waals surface area contributed by atoms with Crippen LogP contribution in [-0.4, -0.2) is 36.7 Å². The lowest BCUT2D eigenvalue weighted by molar-refractivity contribution is -0.119. The van der Waals surface area contributed by atoms with E-state index in [0.717, 1.165) is 59.5 Å². The molecule has 0 fully saturated rings. The van der Waals surface area contributed by atoms with Crippen LogP contribution in [0.1, 0.15) is 76.8 Å². The molecular weight excluding hydrogens is 557 g/mol. The molecule has 5 rings (SSSR count). The number of halogens is 2. The summed E-state index contributed by atoms with van der Waals surface area (Å²) in [6.07, 6.45) is 3.36. The first-order valence-electron chi connectivity index (χ1n) is 14.3. The Labute approximate surface area is 253 Å². The van der Waals surface area contributed by atoms with Crippen molar-refractivity contribution in [1.29, 1.82) is 0 Å². The quantitative estimate of drug-likeness (QED) is 0.287. The minimum atomic E-state index is -0.370. The normalized spacial score (nSPS) is 20.3. The number of Topliss-reactive ketones (excluding diaryl/α,β-unsaturated/α-hetero) is 2. The van der Waals surface area contributed by atoms with Crippen molar-refractivity contribution in [2.75, 3.05) is 20.3 Å². The van der Waals surface area contributed by atoms with Crippen LogP contribution >= 0.6 is 23.2 Å². The van der Waals surface area contributed by atoms with E-state index in [-0.39, 0.29) is 28.3 Å². The van der Waals surface area contributed by atoms with Gasteiger partial charge in [0, 0.05) is 77.2 Å². The van der Waals surface area contributed by atoms with Crippen LogP contribution in [0.5, 0.6) is 5.75 Å². The molecule has 0 spiro atoms. The van der Waals surface area contributed by atoms with E-state index in [1.807, 2.05) is 30.3 Å². The maximum Gasteiger partial charge on any atom is 0.162 e. The Morgan fingerprint density at radius 1 is 0.854 bits per heavy atom. The molecule has 2 aliphatic carbocycles. The van der Waals surface area contributed by atoms with Gasteiger partial charge >= 0.3 is 0 Å². The summed E-state index contributed by atoms with van der Waals surface area (Å²) < 4.78 is 11.4. The van der Waals surface area contributed by atoms with Crippen LogP contribution < -0.4 is 4.74 Å². The van der Waals surface area contributed by atoms with Crippen LogP contribution in [0.4, 0.5) is 0 Å². The summed E-state index contributed by atoms with van der Waals surface area (Å²) in [6.45, 7) is 10.3. The number of hydrogen-bond donors (Lipinski definition) is 0. The molecular formula is C34H39Cl2NO4. The average molecular weight is 597 g/mol. The third-order valence-corrected chi connectivity index (χ3v) is 8.96. The highest BCUT2D eigenvalue weighted by Crippen LogP contribution is 2.54. The number of ketones is 2. The fourth-order valence-corrected chi connectivity index (χ4v) is 7.04. The highest BCUT2D eigenvalue weighted by molar-refractivity contribution is 6.35. The minimum Gasteiger partial charge on any atom is -0.489 e. The number of ether oxygens (including phenoxy) is 2. The highest BCUT2D eigenvalue weighted by atomic mass is 35.5. The lowest BCUT2D eigenvalue weighted by Gasteiger charge is -2.49. The van der Waals surface area contributed by atoms with Gasteiger partial charge in [0.2, 0.25) is 0 Å². The maximum atomic E-state index is 13.9. The third-order valence-electron chi connectivity index (χ3n) is 8.37. The first-order chi connectivity index (χ1) is 19.4. The Morgan fingerprint density at radius 2 is 1.44 bits per heavy atom. The summed E-state index contributed by atoms with van der Waals surface area (Å²) in [7, 11) is 1.71. The number of methoxy groups -OCH3 is 1. The fourth-order valence-electron chi connectivity index (χ4n) is 6.57. The molecule has 218 valence electrons. The van der Waals surface area contributed by atoms with Crippen LogP contribution in [0.2, 0.25) is 10.0 Å². The number of benzene rings is 2. The zero-order valence-electron chi connectivity index (χ0n) is 24.6. The van der Waals surface area contributed by atoms with Crippen LogP contribution in [0.3, 0.4) is 0 Å². The summed E-state index contributed by atoms with van der Waals surface area (Å²) in [5.41, 5.74) is 5.23. The molecule has 7 heteroatoms. The first kappa shape index (κ1) is 29.9. The highest BCUT2D eigenvalue weighted by Gasteiger charge is 2.48. The van der Waals surface area contributed by atoms with E-state index in [1.165, 1.54) is 0 Å². The van der Waals surface area contributed by atoms with Gasteiger partial charge in [-0.05, 0) is 59.9 Å². The summed E-state index contributed by atoms with van der Waals surface area (Å²) in [5, 5.41) is 1.14. The van der Waals surface area contributed by atoms with Gasteiger partial charge in [0.05, 0.1) is 0 Å². The monoisotopic (exact) mass is 595 g/mol. The molecule has 1 heterocycles. The van der Waals surface area contributed by atoms with Gasteiger partial charge in [-0.15, -0.1) is 0 Å². The van der Waals surface area contributed by atoms with Crippen LogP contribution in [0.25, 0.3) is 0 Å². The van der Waals surface area contributed by atoms with Gasteiger partial charge in [-0.1, -0.05) is 69.1 Å². The molecule has 0 saturated carbocycles. The Kier molecular flexibility index (Phi) is 8.44. The molecule has 5 nitrogen and oxygen atoms in total. The van der Waals surface area contributed by atoms with Gasteiger partial charge in [-0.25, -0.2) is 0 Å². The van der Waals surface area contributed by atoms with Crippen molar-refractivity contribution in [3.8, 4) is 5.75 Å². The molecule has 0 N–H and O–H groups in total. The van der Waals surface area contributed by atoms with E-state index in [1.54, 1.807) is 19.2 Å². The van der Waals surface area contributed by atoms with Crippen molar-refractivity contribution in [1.82, 2.24) is 4.90 Å². The predicted octanol–water partition coefficient (Wildman–Crippen LogP) is 8.29. The molecule has 0 bridgehead atoms. The number of rotatable bonds is 8. The summed E-state index contributed by atoms with van der Waals surface area (Å²) in [5.74, 6) is 0.595. The van der Waals surface area contributed by atoms with Gasteiger partial charge in [0.25, 0.3) is 0 Å². The molecule has 0 aromatic heterocycles. The van der Waals surface area contributed by atoms with Crippen molar-refractivity contribution in [2.24, 2.45) is 10.8 Å². The second kappa shape index (κ2) is 11.6. The third kappa shape index (κ3) is 6.28. The van der Waals surface area contributed by atoms with Gasteiger partial charge in [0.1, 0.15) is 12.4 Å². The number of carbonyl (C=O) groups is 2. The average Bonchev–Trinajstić information content (AvgIpc) is 2.87. The molecule has 0 radical (unpaired) electrons. The van der Waals surface area contributed by atoms with Crippen LogP contribution in [0, 0.1) is 10.8 Å². The number of nitrogens with zero attached hydrogens (tertiary/aromatic N) is 1. The molecule has 0 amide bonds. The summed E-state index contributed by atoms with van der Waals surface area (Å²) in [4.78, 5) is 30.1. The maximum absolute atomic E-state index is 13.9. The second-order valence-corrected chi connectivity index (χ2v) is 14.0. The van der Waals surface area contributed by atoms with Gasteiger partial charge in [-0.3, -0.25) is 9.59 Å². The van der Waals surface area contributed by atoms with Gasteiger partial charge in [-0.2, -0.15) is 0 Å². The smallest absolute Gasteiger partial charge is 0.162 e. The lowest BCUT2D eigenvalue weighted by atomic mass is 9.63. The summed E-state index contributed by atoms with van der Waals surface area (Å²) >= 11 is 12.3. The first-order valence-corrected chi connectivity index (χ1v) is 15.1. The molecule has 0 atom stereocenters. The molecule has 1 aliphatic heterocycles. The Bertz CT molecular complexity index is 1370. The molecule has 2 aromatic rings. The van der Waals surface area contributed by atoms with Crippen molar-refractivity contribution >= 4 is 34.8 Å². The molecule has 41 heavy (non-hydrogen) atoms. The number of allylic oxidation sites excluding steroid dienone is 4. The van der Waals surface area contributed by atoms with Crippen molar-refractivity contribution in [3.05, 3.63) is 86.2 Å². The van der Waals surface area contributed by atoms with Crippen molar-refractivity contribution in [2.45, 2.75) is 72.3 Å². The van der Waals surface area contributed by atoms with Gasteiger partial charge in [0.15, 0.2) is 11.6 Å². The Balaban J connectivity index is 1.54. The number of carbonyl (C=O) groups excluding carboxylic acids is 2. The van der Waals surface area contributed by atoms with Crippen molar-refractivity contribution in [3.63, 3.8) is 0 Å². The molecule has 0 saturated heterocycles. The topological polar surface area (TPSA) is 55.8 Å². The second-order valence-electron chi connectivity index (χ2n) is 13.1. The number of hydrogen-bond acceptors (Lipinski definition) is 5. The largest absolute Gasteiger partial charge is 0.489 e. The molecule has 3 aliphatic rings. The Morgan fingerprint density at radius 3 is 1.98 bits per heavy atom. The molecule has 0 unspecified atom stereocenters. The SMILES string of the molecule is COCCCN1C2=C(C(=O)CC(C)(C)C2)C(c2ccc(OCc3ccc(Cl)cc3Cl)cc2)C2=C1CC(C)(C)CC2=O. The van der Waals surface area contributed by atoms with Crippen LogP contribution in [0.15, 0.2) is 65.0 Å². The van der Waals surface area contributed by atoms with E-state index < -0.39 is 0 Å². The van der Waals surface area contributed by atoms with Crippen LogP contribution in [-0.2, 0) is 20.9 Å². The van der Waals surface area contributed by atoms with E-state index in [9.17, 15) is 9.59 Å². The van der Waals surface area contributed by atoms with E-state index in [4.69, 9.17) is 32.7 Å². The predicted molar refractivity (Wildman–Crippen MR) is 163 cm³/mol. The summed E-state index contributed by atoms with van der Waals surface area (Å²) in [6, 6.07) is 13.2. The lowest BCUT2D eigenvalue weighted by Crippen LogP contribution is -2.44. The van der Waals surface area contributed by atoms with E-state index in [2.05, 4.69) is 32.6 Å². The van der Waals surface area contributed by atoms with Gasteiger partial charge < -0.3 is 14.4 Å². The fraction of sp³-hybridized carbons (Fsp3) is 0.471. The van der Waals surface area contributed by atoms with Crippen molar-refractivity contribution < 1.29 is 19.1 Å². The standard InChI is InChI=1S/C34H39Cl2NO4/c1-33(2)16-26-31(28(38)18-33)30(32-27(37(26)13-6-14-40-5)17-34(3,4)19-29(32)39)21-8-11-24(12-9-21)41-20-22-7-10-23(35)15-25(22)36/h7-12,15,30H,6,13-14,16-20H2,1-5H3. The van der Waals surface area contributed by atoms with E-state index >= 15 is 0 Å². The van der Waals surface area contributed by atoms with E-state index in [0.29, 0.717) is 41.9 Å². The zero-order chi connectivity index (χ0) is 29.5. The minimum absolute atomic E-state index is 0.139. The zero-order valence-corrected chi connectivity index (χ0v) is 26.1. The Hall–Kier alpha value is -2.60. The molecule has 2 aromatic carbocycles.